The summed E-state index contributed by atoms with van der Waals surface area (Å²) >= 11 is 5.65. The molecule has 13 heavy (non-hydrogen) atoms. The molecule has 0 amide bonds. The summed E-state index contributed by atoms with van der Waals surface area (Å²) < 4.78 is 0. The summed E-state index contributed by atoms with van der Waals surface area (Å²) in [5.41, 5.74) is 1.16. The zero-order valence-corrected chi connectivity index (χ0v) is 8.94. The maximum Gasteiger partial charge on any atom is 0.136 e. The van der Waals surface area contributed by atoms with Gasteiger partial charge in [-0.2, -0.15) is 0 Å². The van der Waals surface area contributed by atoms with Crippen molar-refractivity contribution in [3.63, 3.8) is 0 Å². The monoisotopic (exact) mass is 200 g/mol. The van der Waals surface area contributed by atoms with E-state index in [-0.39, 0.29) is 5.92 Å². The Morgan fingerprint density at radius 1 is 1.69 bits per heavy atom. The number of hydrogen-bond acceptors (Lipinski definition) is 1. The van der Waals surface area contributed by atoms with Gasteiger partial charge in [0.25, 0.3) is 0 Å². The van der Waals surface area contributed by atoms with Crippen LogP contribution in [0.5, 0.6) is 0 Å². The molecule has 0 heterocycles. The average Bonchev–Trinajstić information content (AvgIpc) is 2.10. The predicted molar refractivity (Wildman–Crippen MR) is 56.0 cm³/mol. The molecule has 0 bridgehead atoms. The zero-order chi connectivity index (χ0) is 9.84. The molecule has 0 aliphatic heterocycles. The molecular weight excluding hydrogens is 184 g/mol. The van der Waals surface area contributed by atoms with Crippen molar-refractivity contribution in [1.29, 1.82) is 0 Å². The van der Waals surface area contributed by atoms with Gasteiger partial charge in [0.05, 0.1) is 0 Å². The number of rotatable bonds is 3. The number of alkyl halides is 1. The predicted octanol–water partition coefficient (Wildman–Crippen LogP) is 3.18. The van der Waals surface area contributed by atoms with Gasteiger partial charge in [0, 0.05) is 18.2 Å². The molecule has 1 fully saturated rings. The molecule has 0 aromatic carbocycles. The van der Waals surface area contributed by atoms with E-state index in [1.807, 2.05) is 6.92 Å². The Hall–Kier alpha value is -0.300. The van der Waals surface area contributed by atoms with Crippen LogP contribution in [0.15, 0.2) is 12.2 Å². The zero-order valence-electron chi connectivity index (χ0n) is 8.18. The van der Waals surface area contributed by atoms with Crippen LogP contribution in [-0.4, -0.2) is 11.7 Å². The minimum Gasteiger partial charge on any atom is -0.299 e. The van der Waals surface area contributed by atoms with E-state index in [2.05, 4.69) is 6.58 Å². The molecule has 1 nitrogen and oxygen atoms in total. The SMILES string of the molecule is C=C(CCCl)C1CCCC(=O)C1C. The van der Waals surface area contributed by atoms with Crippen LogP contribution < -0.4 is 0 Å². The van der Waals surface area contributed by atoms with Crippen LogP contribution in [0.2, 0.25) is 0 Å². The number of halogens is 1. The second-order valence-corrected chi connectivity index (χ2v) is 4.23. The summed E-state index contributed by atoms with van der Waals surface area (Å²) in [5.74, 6) is 1.58. The maximum absolute atomic E-state index is 11.4. The molecule has 1 aliphatic carbocycles. The molecule has 0 radical (unpaired) electrons. The molecule has 2 unspecified atom stereocenters. The lowest BCUT2D eigenvalue weighted by Gasteiger charge is -2.29. The molecule has 74 valence electrons. The normalized spacial score (nSPS) is 28.9. The molecule has 1 aliphatic rings. The Kier molecular flexibility index (Phi) is 3.98. The van der Waals surface area contributed by atoms with Gasteiger partial charge in [-0.15, -0.1) is 11.6 Å². The molecular formula is C11H17ClO. The van der Waals surface area contributed by atoms with Crippen LogP contribution >= 0.6 is 11.6 Å². The van der Waals surface area contributed by atoms with Gasteiger partial charge in [-0.1, -0.05) is 19.1 Å². The molecule has 0 spiro atoms. The maximum atomic E-state index is 11.4. The summed E-state index contributed by atoms with van der Waals surface area (Å²) in [6.07, 6.45) is 3.74. The van der Waals surface area contributed by atoms with Gasteiger partial charge in [0.1, 0.15) is 5.78 Å². The Morgan fingerprint density at radius 3 is 3.00 bits per heavy atom. The van der Waals surface area contributed by atoms with Crippen molar-refractivity contribution in [3.05, 3.63) is 12.2 Å². The van der Waals surface area contributed by atoms with E-state index in [1.54, 1.807) is 0 Å². The highest BCUT2D eigenvalue weighted by atomic mass is 35.5. The second kappa shape index (κ2) is 4.80. The summed E-state index contributed by atoms with van der Waals surface area (Å²) in [7, 11) is 0. The van der Waals surface area contributed by atoms with Gasteiger partial charge < -0.3 is 0 Å². The number of hydrogen-bond donors (Lipinski definition) is 0. The minimum atomic E-state index is 0.171. The van der Waals surface area contributed by atoms with Gasteiger partial charge in [0.2, 0.25) is 0 Å². The smallest absolute Gasteiger partial charge is 0.136 e. The number of carbonyl (C=O) groups excluding carboxylic acids is 1. The van der Waals surface area contributed by atoms with Crippen molar-refractivity contribution in [3.8, 4) is 0 Å². The van der Waals surface area contributed by atoms with Crippen molar-refractivity contribution >= 4 is 17.4 Å². The van der Waals surface area contributed by atoms with Gasteiger partial charge >= 0.3 is 0 Å². The first-order chi connectivity index (χ1) is 6.16. The first-order valence-electron chi connectivity index (χ1n) is 4.93. The van der Waals surface area contributed by atoms with Gasteiger partial charge in [0.15, 0.2) is 0 Å². The van der Waals surface area contributed by atoms with E-state index in [0.29, 0.717) is 17.6 Å². The third kappa shape index (κ3) is 2.57. The van der Waals surface area contributed by atoms with E-state index >= 15 is 0 Å². The molecule has 1 rings (SSSR count). The molecule has 0 saturated heterocycles. The highest BCUT2D eigenvalue weighted by Gasteiger charge is 2.29. The fraction of sp³-hybridized carbons (Fsp3) is 0.727. The summed E-state index contributed by atoms with van der Waals surface area (Å²) in [6, 6.07) is 0. The third-order valence-corrected chi connectivity index (χ3v) is 3.18. The first kappa shape index (κ1) is 10.8. The fourth-order valence-electron chi connectivity index (χ4n) is 2.06. The third-order valence-electron chi connectivity index (χ3n) is 2.99. The molecule has 1 saturated carbocycles. The van der Waals surface area contributed by atoms with Crippen LogP contribution in [0, 0.1) is 11.8 Å². The lowest BCUT2D eigenvalue weighted by Crippen LogP contribution is -2.27. The highest BCUT2D eigenvalue weighted by Crippen LogP contribution is 2.33. The van der Waals surface area contributed by atoms with Crippen LogP contribution in [0.25, 0.3) is 0 Å². The lowest BCUT2D eigenvalue weighted by molar-refractivity contribution is -0.125. The Labute approximate surface area is 85.2 Å². The van der Waals surface area contributed by atoms with Gasteiger partial charge in [-0.3, -0.25) is 4.79 Å². The van der Waals surface area contributed by atoms with E-state index in [9.17, 15) is 4.79 Å². The number of allylic oxidation sites excluding steroid dienone is 1. The van der Waals surface area contributed by atoms with E-state index < -0.39 is 0 Å². The molecule has 0 aromatic rings. The van der Waals surface area contributed by atoms with Crippen LogP contribution in [0.4, 0.5) is 0 Å². The molecule has 0 aromatic heterocycles. The van der Waals surface area contributed by atoms with Crippen LogP contribution in [0.1, 0.15) is 32.6 Å². The number of carbonyl (C=O) groups is 1. The first-order valence-corrected chi connectivity index (χ1v) is 5.46. The van der Waals surface area contributed by atoms with Crippen LogP contribution in [0.3, 0.4) is 0 Å². The topological polar surface area (TPSA) is 17.1 Å². The Bertz CT molecular complexity index is 210. The van der Waals surface area contributed by atoms with Crippen LogP contribution in [-0.2, 0) is 4.79 Å². The second-order valence-electron chi connectivity index (χ2n) is 3.85. The summed E-state index contributed by atoms with van der Waals surface area (Å²) in [5, 5.41) is 0. The summed E-state index contributed by atoms with van der Waals surface area (Å²) in [4.78, 5) is 11.4. The number of ketones is 1. The molecule has 0 N–H and O–H groups in total. The lowest BCUT2D eigenvalue weighted by atomic mass is 9.75. The van der Waals surface area contributed by atoms with Gasteiger partial charge in [-0.25, -0.2) is 0 Å². The van der Waals surface area contributed by atoms with E-state index in [4.69, 9.17) is 11.6 Å². The van der Waals surface area contributed by atoms with Crippen molar-refractivity contribution in [2.24, 2.45) is 11.8 Å². The van der Waals surface area contributed by atoms with Gasteiger partial charge in [-0.05, 0) is 25.2 Å². The van der Waals surface area contributed by atoms with Crippen molar-refractivity contribution in [2.45, 2.75) is 32.6 Å². The van der Waals surface area contributed by atoms with E-state index in [1.165, 1.54) is 0 Å². The summed E-state index contributed by atoms with van der Waals surface area (Å²) in [6.45, 7) is 6.04. The largest absolute Gasteiger partial charge is 0.299 e. The standard InChI is InChI=1S/C11H17ClO/c1-8(6-7-12)10-4-3-5-11(13)9(10)2/h9-10H,1,3-7H2,2H3. The molecule has 2 atom stereocenters. The van der Waals surface area contributed by atoms with Crippen molar-refractivity contribution in [2.75, 3.05) is 5.88 Å². The van der Waals surface area contributed by atoms with Crippen molar-refractivity contribution < 1.29 is 4.79 Å². The Morgan fingerprint density at radius 2 is 2.38 bits per heavy atom. The Balaban J connectivity index is 2.57. The fourth-order valence-corrected chi connectivity index (χ4v) is 2.31. The quantitative estimate of drug-likeness (QED) is 0.505. The van der Waals surface area contributed by atoms with Crippen molar-refractivity contribution in [1.82, 2.24) is 0 Å². The number of Topliss-reactive ketones (excluding diaryl/α,β-unsaturated/α-hetero) is 1. The molecule has 2 heteroatoms. The van der Waals surface area contributed by atoms with E-state index in [0.717, 1.165) is 31.3 Å². The minimum absolute atomic E-state index is 0.171. The average molecular weight is 201 g/mol. The highest BCUT2D eigenvalue weighted by molar-refractivity contribution is 6.18.